The lowest BCUT2D eigenvalue weighted by molar-refractivity contribution is 0.490. The van der Waals surface area contributed by atoms with Crippen molar-refractivity contribution in [3.05, 3.63) is 54.1 Å². The van der Waals surface area contributed by atoms with Gasteiger partial charge in [0.1, 0.15) is 0 Å². The van der Waals surface area contributed by atoms with E-state index in [2.05, 4.69) is 53.5 Å². The van der Waals surface area contributed by atoms with Crippen molar-refractivity contribution in [1.29, 1.82) is 0 Å². The lowest BCUT2D eigenvalue weighted by Crippen LogP contribution is -1.91. The van der Waals surface area contributed by atoms with Gasteiger partial charge in [0, 0.05) is 29.1 Å². The van der Waals surface area contributed by atoms with E-state index in [0.717, 1.165) is 34.5 Å². The summed E-state index contributed by atoms with van der Waals surface area (Å²) >= 11 is 0. The molecule has 0 unspecified atom stereocenters. The van der Waals surface area contributed by atoms with Crippen molar-refractivity contribution in [2.75, 3.05) is 6.26 Å². The van der Waals surface area contributed by atoms with Crippen LogP contribution in [-0.4, -0.2) is 48.0 Å². The van der Waals surface area contributed by atoms with Gasteiger partial charge in [-0.1, -0.05) is 51.3 Å². The molecule has 9 nitrogen and oxygen atoms in total. The lowest BCUT2D eigenvalue weighted by Gasteiger charge is -2.05. The number of hydrogen-bond acceptors (Lipinski definition) is 8. The van der Waals surface area contributed by atoms with Gasteiger partial charge in [0.15, 0.2) is 0 Å². The molecule has 1 N–H and O–H groups in total. The Morgan fingerprint density at radius 1 is 0.882 bits per heavy atom. The molecule has 4 aromatic rings. The summed E-state index contributed by atoms with van der Waals surface area (Å²) in [7, 11) is -6.78. The predicted octanol–water partition coefficient (Wildman–Crippen LogP) is 4.46. The number of fused-ring (bicyclic) bond motifs is 5. The molecule has 6 rings (SSSR count). The van der Waals surface area contributed by atoms with Crippen LogP contribution in [0.3, 0.4) is 0 Å². The van der Waals surface area contributed by atoms with E-state index in [1.165, 1.54) is 27.5 Å². The van der Waals surface area contributed by atoms with Gasteiger partial charge in [-0.15, -0.1) is 12.6 Å². The summed E-state index contributed by atoms with van der Waals surface area (Å²) < 4.78 is 51.2. The molecular weight excluding hydrogens is 478 g/mol. The molecule has 0 amide bonds. The smallest absolute Gasteiger partial charge is 0.286 e. The molecule has 0 saturated carbocycles. The lowest BCUT2D eigenvalue weighted by atomic mass is 10.0. The number of aliphatic imine (C=N–C) groups is 1. The molecule has 178 valence electrons. The van der Waals surface area contributed by atoms with Gasteiger partial charge in [-0.3, -0.25) is 9.55 Å². The minimum absolute atomic E-state index is 0. The molecule has 0 radical (unpaired) electrons. The zero-order valence-electron chi connectivity index (χ0n) is 16.5. The SMILES string of the molecule is C.C.C1=Nc2cc3nc4c(nc3cc2C1)-c1cccc2cccc-4c12.CS(=O)(=O)O.O=S(=O)=O. The maximum Gasteiger partial charge on any atom is 0.425 e. The van der Waals surface area contributed by atoms with Gasteiger partial charge < -0.3 is 0 Å². The van der Waals surface area contributed by atoms with Gasteiger partial charge >= 0.3 is 10.6 Å². The molecule has 3 aromatic carbocycles. The van der Waals surface area contributed by atoms with E-state index in [4.69, 9.17) is 27.1 Å². The minimum Gasteiger partial charge on any atom is -0.286 e. The summed E-state index contributed by atoms with van der Waals surface area (Å²) in [6.07, 6.45) is 3.56. The summed E-state index contributed by atoms with van der Waals surface area (Å²) in [6, 6.07) is 17.0. The quantitative estimate of drug-likeness (QED) is 0.306. The van der Waals surface area contributed by atoms with E-state index in [-0.39, 0.29) is 14.9 Å². The topological polar surface area (TPSA) is 144 Å². The summed E-state index contributed by atoms with van der Waals surface area (Å²) in [6.45, 7) is 0. The predicted molar refractivity (Wildman–Crippen MR) is 134 cm³/mol. The molecule has 0 atom stereocenters. The average molecular weight is 502 g/mol. The first-order valence-corrected chi connectivity index (χ1v) is 12.1. The highest BCUT2D eigenvalue weighted by Gasteiger charge is 2.24. The van der Waals surface area contributed by atoms with Crippen molar-refractivity contribution in [3.8, 4) is 22.5 Å². The second-order valence-electron chi connectivity index (χ2n) is 7.05. The first-order chi connectivity index (χ1) is 15.1. The van der Waals surface area contributed by atoms with Crippen molar-refractivity contribution in [3.63, 3.8) is 0 Å². The Morgan fingerprint density at radius 3 is 1.85 bits per heavy atom. The Hall–Kier alpha value is -3.54. The van der Waals surface area contributed by atoms with Crippen LogP contribution in [-0.2, 0) is 27.1 Å². The fraction of sp³-hybridized carbons (Fsp3) is 0.174. The van der Waals surface area contributed by atoms with Crippen LogP contribution in [0.25, 0.3) is 44.3 Å². The van der Waals surface area contributed by atoms with Gasteiger partial charge in [0.25, 0.3) is 10.1 Å². The molecule has 0 fully saturated rings. The number of aromatic nitrogens is 2. The fourth-order valence-corrected chi connectivity index (χ4v) is 3.77. The largest absolute Gasteiger partial charge is 0.425 e. The highest BCUT2D eigenvalue weighted by molar-refractivity contribution is 7.85. The average Bonchev–Trinajstić information content (AvgIpc) is 3.27. The summed E-state index contributed by atoms with van der Waals surface area (Å²) in [5.74, 6) is 0. The van der Waals surface area contributed by atoms with E-state index < -0.39 is 20.7 Å². The monoisotopic (exact) mass is 501 g/mol. The van der Waals surface area contributed by atoms with Crippen molar-refractivity contribution in [2.45, 2.75) is 21.3 Å². The summed E-state index contributed by atoms with van der Waals surface area (Å²) in [4.78, 5) is 14.3. The molecule has 0 spiro atoms. The molecule has 0 bridgehead atoms. The third-order valence-electron chi connectivity index (χ3n) is 4.82. The van der Waals surface area contributed by atoms with E-state index in [1.807, 2.05) is 6.21 Å². The maximum absolute atomic E-state index is 9.19. The second-order valence-corrected chi connectivity index (χ2v) is 8.93. The zero-order valence-corrected chi connectivity index (χ0v) is 18.2. The van der Waals surface area contributed by atoms with Crippen LogP contribution in [0.4, 0.5) is 5.69 Å². The van der Waals surface area contributed by atoms with E-state index >= 15 is 0 Å². The Morgan fingerprint density at radius 2 is 1.35 bits per heavy atom. The van der Waals surface area contributed by atoms with Crippen LogP contribution in [0, 0.1) is 0 Å². The zero-order chi connectivity index (χ0) is 23.0. The second kappa shape index (κ2) is 10.2. The number of nitrogens with zero attached hydrogens (tertiary/aromatic N) is 3. The van der Waals surface area contributed by atoms with Gasteiger partial charge in [0.05, 0.1) is 34.4 Å². The number of benzene rings is 3. The summed E-state index contributed by atoms with van der Waals surface area (Å²) in [5, 5.41) is 2.52. The van der Waals surface area contributed by atoms with Crippen molar-refractivity contribution in [2.24, 2.45) is 4.99 Å². The molecule has 11 heteroatoms. The van der Waals surface area contributed by atoms with Gasteiger partial charge in [-0.05, 0) is 23.1 Å². The van der Waals surface area contributed by atoms with Gasteiger partial charge in [-0.25, -0.2) is 9.97 Å². The van der Waals surface area contributed by atoms with Crippen LogP contribution < -0.4 is 0 Å². The molecule has 1 aliphatic carbocycles. The molecular formula is C23H23N3O6S2. The van der Waals surface area contributed by atoms with Crippen LogP contribution in [0.1, 0.15) is 20.4 Å². The highest BCUT2D eigenvalue weighted by atomic mass is 32.2. The third kappa shape index (κ3) is 5.50. The van der Waals surface area contributed by atoms with Crippen molar-refractivity contribution >= 4 is 54.4 Å². The minimum atomic E-state index is -3.67. The Bertz CT molecular complexity index is 1630. The summed E-state index contributed by atoms with van der Waals surface area (Å²) in [5.41, 5.74) is 8.52. The van der Waals surface area contributed by atoms with Crippen LogP contribution in [0.2, 0.25) is 0 Å². The Kier molecular flexibility index (Phi) is 7.98. The Labute approximate surface area is 199 Å². The highest BCUT2D eigenvalue weighted by Crippen LogP contribution is 2.45. The fourth-order valence-electron chi connectivity index (χ4n) is 3.77. The van der Waals surface area contributed by atoms with Crippen LogP contribution in [0.15, 0.2) is 53.5 Å². The van der Waals surface area contributed by atoms with E-state index in [1.54, 1.807) is 0 Å². The van der Waals surface area contributed by atoms with Gasteiger partial charge in [-0.2, -0.15) is 8.42 Å². The number of hydrogen-bond donors (Lipinski definition) is 1. The normalized spacial score (nSPS) is 11.7. The number of rotatable bonds is 0. The van der Waals surface area contributed by atoms with Crippen molar-refractivity contribution in [1.82, 2.24) is 9.97 Å². The molecule has 1 aliphatic heterocycles. The molecule has 34 heavy (non-hydrogen) atoms. The van der Waals surface area contributed by atoms with Crippen LogP contribution in [0.5, 0.6) is 0 Å². The third-order valence-corrected chi connectivity index (χ3v) is 4.82. The molecule has 2 heterocycles. The van der Waals surface area contributed by atoms with E-state index in [0.29, 0.717) is 6.26 Å². The Balaban J connectivity index is 0.000000325. The standard InChI is InChI=1S/C20H11N3.CH4O3S.2CH4.O3S/c1-3-11-4-2-6-14-18(11)13(5-1)19-20(14)23-17-10-15-12(7-8-21-15)9-16(17)22-19;1-5(2,3)4;;;1-4(2)3/h1-6,8-10H,7H2;1H3,(H,2,3,4);2*1H4;. The van der Waals surface area contributed by atoms with Crippen molar-refractivity contribution < 1.29 is 25.6 Å². The molecule has 1 aromatic heterocycles. The van der Waals surface area contributed by atoms with Gasteiger partial charge in [0.2, 0.25) is 0 Å². The molecule has 0 saturated heterocycles. The molecule has 2 aliphatic rings. The van der Waals surface area contributed by atoms with Crippen LogP contribution >= 0.6 is 0 Å². The first kappa shape index (κ1) is 26.7. The first-order valence-electron chi connectivity index (χ1n) is 9.20. The maximum atomic E-state index is 9.19. The van der Waals surface area contributed by atoms with E-state index in [9.17, 15) is 8.42 Å².